The van der Waals surface area contributed by atoms with Crippen LogP contribution in [0.1, 0.15) is 36.8 Å². The van der Waals surface area contributed by atoms with Gasteiger partial charge in [-0.05, 0) is 62.3 Å². The van der Waals surface area contributed by atoms with Gasteiger partial charge in [-0.2, -0.15) is 0 Å². The third kappa shape index (κ3) is 4.15. The van der Waals surface area contributed by atoms with Crippen LogP contribution in [0.5, 0.6) is 0 Å². The van der Waals surface area contributed by atoms with E-state index in [0.717, 1.165) is 24.0 Å². The number of halogens is 2. The summed E-state index contributed by atoms with van der Waals surface area (Å²) in [4.78, 5) is 0. The molecule has 0 aromatic heterocycles. The maximum atomic E-state index is 6.21. The van der Waals surface area contributed by atoms with E-state index in [4.69, 9.17) is 23.2 Å². The van der Waals surface area contributed by atoms with E-state index in [1.165, 1.54) is 36.8 Å². The third-order valence-electron chi connectivity index (χ3n) is 3.73. The molecule has 1 saturated carbocycles. The summed E-state index contributed by atoms with van der Waals surface area (Å²) in [7, 11) is 0. The first-order valence-corrected chi connectivity index (χ1v) is 7.56. The second-order valence-electron chi connectivity index (χ2n) is 5.34. The fourth-order valence-electron chi connectivity index (χ4n) is 2.53. The van der Waals surface area contributed by atoms with Crippen molar-refractivity contribution in [2.24, 2.45) is 5.92 Å². The van der Waals surface area contributed by atoms with Gasteiger partial charge < -0.3 is 5.32 Å². The Morgan fingerprint density at radius 2 is 1.94 bits per heavy atom. The molecule has 1 aliphatic carbocycles. The number of aryl methyl sites for hydroxylation is 1. The van der Waals surface area contributed by atoms with E-state index in [9.17, 15) is 0 Å². The molecule has 0 atom stereocenters. The van der Waals surface area contributed by atoms with Gasteiger partial charge in [-0.25, -0.2) is 0 Å². The molecule has 1 nitrogen and oxygen atoms in total. The fraction of sp³-hybridized carbons (Fsp3) is 0.600. The number of hydrogen-bond acceptors (Lipinski definition) is 1. The lowest BCUT2D eigenvalue weighted by molar-refractivity contribution is 0.345. The number of benzene rings is 1. The summed E-state index contributed by atoms with van der Waals surface area (Å²) >= 11 is 12.3. The predicted octanol–water partition coefficient (Wildman–Crippen LogP) is 4.54. The Hall–Kier alpha value is -0.240. The highest BCUT2D eigenvalue weighted by Gasteiger charge is 2.18. The monoisotopic (exact) mass is 285 g/mol. The minimum Gasteiger partial charge on any atom is -0.312 e. The van der Waals surface area contributed by atoms with E-state index in [0.29, 0.717) is 5.38 Å². The van der Waals surface area contributed by atoms with Gasteiger partial charge in [-0.15, -0.1) is 11.6 Å². The van der Waals surface area contributed by atoms with Gasteiger partial charge in [-0.3, -0.25) is 0 Å². The maximum absolute atomic E-state index is 6.21. The first-order chi connectivity index (χ1) is 8.65. The second kappa shape index (κ2) is 6.79. The Bertz CT molecular complexity index is 384. The Labute approximate surface area is 120 Å². The lowest BCUT2D eigenvalue weighted by Gasteiger charge is -2.25. The summed E-state index contributed by atoms with van der Waals surface area (Å²) in [5.74, 6) is 0.782. The lowest BCUT2D eigenvalue weighted by Crippen LogP contribution is -2.26. The van der Waals surface area contributed by atoms with Gasteiger partial charge in [0.25, 0.3) is 0 Å². The second-order valence-corrected chi connectivity index (χ2v) is 6.37. The summed E-state index contributed by atoms with van der Waals surface area (Å²) in [5.41, 5.74) is 2.40. The van der Waals surface area contributed by atoms with Crippen LogP contribution in [-0.2, 0) is 6.54 Å². The number of hydrogen-bond donors (Lipinski definition) is 1. The van der Waals surface area contributed by atoms with E-state index in [1.807, 2.05) is 6.07 Å². The van der Waals surface area contributed by atoms with Crippen LogP contribution in [0.3, 0.4) is 0 Å². The van der Waals surface area contributed by atoms with Crippen LogP contribution in [0.4, 0.5) is 0 Å². The molecule has 0 unspecified atom stereocenters. The SMILES string of the molecule is Cc1ccc(CNCC2CCC(Cl)CC2)c(Cl)c1. The molecular formula is C15H21Cl2N. The molecule has 0 heterocycles. The summed E-state index contributed by atoms with van der Waals surface area (Å²) in [6, 6.07) is 6.25. The highest BCUT2D eigenvalue weighted by molar-refractivity contribution is 6.31. The van der Waals surface area contributed by atoms with Crippen LogP contribution in [0.2, 0.25) is 5.02 Å². The van der Waals surface area contributed by atoms with Crippen molar-refractivity contribution in [1.82, 2.24) is 5.32 Å². The van der Waals surface area contributed by atoms with Crippen LogP contribution >= 0.6 is 23.2 Å². The Balaban J connectivity index is 1.75. The molecule has 0 bridgehead atoms. The zero-order valence-electron chi connectivity index (χ0n) is 10.9. The van der Waals surface area contributed by atoms with Crippen molar-refractivity contribution in [3.63, 3.8) is 0 Å². The fourth-order valence-corrected chi connectivity index (χ4v) is 3.09. The molecule has 1 aromatic rings. The summed E-state index contributed by atoms with van der Waals surface area (Å²) in [6.07, 6.45) is 4.84. The molecule has 18 heavy (non-hydrogen) atoms. The first-order valence-electron chi connectivity index (χ1n) is 6.75. The van der Waals surface area contributed by atoms with Gasteiger partial charge in [0.05, 0.1) is 0 Å². The highest BCUT2D eigenvalue weighted by Crippen LogP contribution is 2.27. The zero-order valence-corrected chi connectivity index (χ0v) is 12.4. The van der Waals surface area contributed by atoms with Crippen molar-refractivity contribution >= 4 is 23.2 Å². The molecule has 100 valence electrons. The average molecular weight is 286 g/mol. The lowest BCUT2D eigenvalue weighted by atomic mass is 9.89. The third-order valence-corrected chi connectivity index (χ3v) is 4.52. The van der Waals surface area contributed by atoms with E-state index in [-0.39, 0.29) is 0 Å². The number of nitrogens with one attached hydrogen (secondary N) is 1. The number of alkyl halides is 1. The molecule has 3 heteroatoms. The highest BCUT2D eigenvalue weighted by atomic mass is 35.5. The predicted molar refractivity (Wildman–Crippen MR) is 79.5 cm³/mol. The van der Waals surface area contributed by atoms with Crippen molar-refractivity contribution in [3.8, 4) is 0 Å². The van der Waals surface area contributed by atoms with E-state index in [2.05, 4.69) is 24.4 Å². The molecule has 1 fully saturated rings. The minimum absolute atomic E-state index is 0.410. The van der Waals surface area contributed by atoms with Gasteiger partial charge in [0.2, 0.25) is 0 Å². The van der Waals surface area contributed by atoms with Crippen LogP contribution in [0.15, 0.2) is 18.2 Å². The summed E-state index contributed by atoms with van der Waals surface area (Å²) < 4.78 is 0. The molecular weight excluding hydrogens is 265 g/mol. The molecule has 0 saturated heterocycles. The smallest absolute Gasteiger partial charge is 0.0453 e. The van der Waals surface area contributed by atoms with E-state index in [1.54, 1.807) is 0 Å². The van der Waals surface area contributed by atoms with Gasteiger partial charge in [0.1, 0.15) is 0 Å². The molecule has 1 aromatic carbocycles. The van der Waals surface area contributed by atoms with Crippen molar-refractivity contribution in [1.29, 1.82) is 0 Å². The molecule has 0 amide bonds. The molecule has 1 N–H and O–H groups in total. The standard InChI is InChI=1S/C15H21Cl2N/c1-11-2-5-13(15(17)8-11)10-18-9-12-3-6-14(16)7-4-12/h2,5,8,12,14,18H,3-4,6-7,9-10H2,1H3. The quantitative estimate of drug-likeness (QED) is 0.801. The Kier molecular flexibility index (Phi) is 5.35. The Morgan fingerprint density at radius 1 is 1.22 bits per heavy atom. The van der Waals surface area contributed by atoms with Crippen molar-refractivity contribution in [2.75, 3.05) is 6.54 Å². The van der Waals surface area contributed by atoms with E-state index < -0.39 is 0 Å². The van der Waals surface area contributed by atoms with Gasteiger partial charge in [-0.1, -0.05) is 23.7 Å². The minimum atomic E-state index is 0.410. The molecule has 0 spiro atoms. The van der Waals surface area contributed by atoms with Gasteiger partial charge in [0.15, 0.2) is 0 Å². The van der Waals surface area contributed by atoms with Crippen LogP contribution in [-0.4, -0.2) is 11.9 Å². The normalized spacial score (nSPS) is 24.2. The molecule has 0 radical (unpaired) electrons. The van der Waals surface area contributed by atoms with Crippen LogP contribution in [0, 0.1) is 12.8 Å². The van der Waals surface area contributed by atoms with E-state index >= 15 is 0 Å². The van der Waals surface area contributed by atoms with Crippen molar-refractivity contribution in [2.45, 2.75) is 44.5 Å². The summed E-state index contributed by atoms with van der Waals surface area (Å²) in [6.45, 7) is 4.00. The molecule has 0 aliphatic heterocycles. The van der Waals surface area contributed by atoms with Crippen LogP contribution in [0.25, 0.3) is 0 Å². The van der Waals surface area contributed by atoms with Gasteiger partial charge >= 0.3 is 0 Å². The summed E-state index contributed by atoms with van der Waals surface area (Å²) in [5, 5.41) is 4.80. The average Bonchev–Trinajstić information content (AvgIpc) is 2.34. The maximum Gasteiger partial charge on any atom is 0.0453 e. The van der Waals surface area contributed by atoms with Crippen LogP contribution < -0.4 is 5.32 Å². The molecule has 2 rings (SSSR count). The molecule has 1 aliphatic rings. The van der Waals surface area contributed by atoms with Crippen molar-refractivity contribution in [3.05, 3.63) is 34.3 Å². The first kappa shape index (κ1) is 14.2. The number of rotatable bonds is 4. The largest absolute Gasteiger partial charge is 0.312 e. The van der Waals surface area contributed by atoms with Gasteiger partial charge in [0, 0.05) is 16.9 Å². The van der Waals surface area contributed by atoms with Crippen molar-refractivity contribution < 1.29 is 0 Å². The zero-order chi connectivity index (χ0) is 13.0. The Morgan fingerprint density at radius 3 is 2.61 bits per heavy atom. The topological polar surface area (TPSA) is 12.0 Å².